The molecule has 32 heavy (non-hydrogen) atoms. The topological polar surface area (TPSA) is 91.4 Å². The lowest BCUT2D eigenvalue weighted by Gasteiger charge is -2.34. The van der Waals surface area contributed by atoms with Crippen LogP contribution in [0.25, 0.3) is 0 Å². The summed E-state index contributed by atoms with van der Waals surface area (Å²) in [6, 6.07) is 0. The van der Waals surface area contributed by atoms with Gasteiger partial charge in [0.15, 0.2) is 0 Å². The van der Waals surface area contributed by atoms with E-state index >= 15 is 0 Å². The maximum atomic E-state index is 13.1. The molecule has 2 fully saturated rings. The number of carbonyl (C=O) groups excluding carboxylic acids is 3. The summed E-state index contributed by atoms with van der Waals surface area (Å²) in [6.07, 6.45) is 5.84. The molecule has 1 aliphatic carbocycles. The number of allylic oxidation sites excluding steroid dienone is 3. The van der Waals surface area contributed by atoms with Crippen molar-refractivity contribution in [2.75, 3.05) is 0 Å². The van der Waals surface area contributed by atoms with E-state index < -0.39 is 47.2 Å². The van der Waals surface area contributed by atoms with Crippen LogP contribution in [0.15, 0.2) is 34.9 Å². The Bertz CT molecular complexity index is 898. The molecule has 0 unspecified atom stereocenters. The van der Waals surface area contributed by atoms with E-state index in [9.17, 15) is 14.4 Å². The monoisotopic (exact) mass is 446 g/mol. The van der Waals surface area contributed by atoms with Crippen molar-refractivity contribution >= 4 is 17.9 Å². The van der Waals surface area contributed by atoms with E-state index in [2.05, 4.69) is 0 Å². The first-order valence-electron chi connectivity index (χ1n) is 11.2. The Hall–Kier alpha value is -2.41. The number of hydrogen-bond donors (Lipinski definition) is 0. The summed E-state index contributed by atoms with van der Waals surface area (Å²) in [5.41, 5.74) is -0.196. The van der Waals surface area contributed by atoms with Gasteiger partial charge in [0.1, 0.15) is 12.2 Å². The zero-order valence-electron chi connectivity index (χ0n) is 20.0. The smallest absolute Gasteiger partial charge is 0.351 e. The molecule has 7 nitrogen and oxygen atoms in total. The van der Waals surface area contributed by atoms with Gasteiger partial charge in [-0.15, -0.1) is 0 Å². The van der Waals surface area contributed by atoms with Crippen LogP contribution in [0.1, 0.15) is 67.7 Å². The highest BCUT2D eigenvalue weighted by Gasteiger charge is 2.64. The Balaban J connectivity index is 2.06. The minimum Gasteiger partial charge on any atom is -0.459 e. The first kappa shape index (κ1) is 24.2. The van der Waals surface area contributed by atoms with Crippen LogP contribution in [0.4, 0.5) is 0 Å². The summed E-state index contributed by atoms with van der Waals surface area (Å²) in [5.74, 6) is -2.44. The van der Waals surface area contributed by atoms with Crippen LogP contribution >= 0.6 is 0 Å². The van der Waals surface area contributed by atoms with Crippen molar-refractivity contribution in [1.29, 1.82) is 0 Å². The van der Waals surface area contributed by atoms with E-state index in [-0.39, 0.29) is 6.10 Å². The molecule has 0 saturated carbocycles. The summed E-state index contributed by atoms with van der Waals surface area (Å²) >= 11 is 0. The van der Waals surface area contributed by atoms with Gasteiger partial charge in [0, 0.05) is 17.6 Å². The average molecular weight is 447 g/mol. The summed E-state index contributed by atoms with van der Waals surface area (Å²) in [6.45, 7) is 12.3. The molecule has 0 bridgehead atoms. The molecule has 2 aliphatic heterocycles. The normalized spacial score (nSPS) is 39.1. The minimum absolute atomic E-state index is 0.0780. The molecule has 0 spiro atoms. The standard InChI is InChI=1S/C25H34O7/c1-8-15(4)21(26)29-17-12-14(3)10-11-19-24(6,31-19)13-18-20(17)25(7,23(28)30-18)32-22(27)16(5)9-2/h8-9,12,17-20H,10-11,13H2,1-7H3/b14-12+,15-8-,16-9-/t17-,18-,19-,20-,24-,25-/m1/s1. The van der Waals surface area contributed by atoms with E-state index in [1.807, 2.05) is 19.9 Å². The molecule has 2 heterocycles. The van der Waals surface area contributed by atoms with Gasteiger partial charge < -0.3 is 18.9 Å². The summed E-state index contributed by atoms with van der Waals surface area (Å²) < 4.78 is 23.4. The van der Waals surface area contributed by atoms with Crippen LogP contribution in [-0.2, 0) is 33.3 Å². The van der Waals surface area contributed by atoms with Crippen molar-refractivity contribution in [2.45, 2.75) is 97.2 Å². The van der Waals surface area contributed by atoms with Crippen molar-refractivity contribution < 1.29 is 33.3 Å². The van der Waals surface area contributed by atoms with Crippen molar-refractivity contribution in [3.8, 4) is 0 Å². The third-order valence-electron chi connectivity index (χ3n) is 7.00. The zero-order valence-corrected chi connectivity index (χ0v) is 20.0. The molecule has 0 aromatic carbocycles. The van der Waals surface area contributed by atoms with E-state index in [4.69, 9.17) is 18.9 Å². The number of esters is 3. The fourth-order valence-corrected chi connectivity index (χ4v) is 4.52. The highest BCUT2D eigenvalue weighted by atomic mass is 16.6. The Morgan fingerprint density at radius 1 is 1.12 bits per heavy atom. The Morgan fingerprint density at radius 2 is 1.75 bits per heavy atom. The van der Waals surface area contributed by atoms with Gasteiger partial charge in [-0.25, -0.2) is 14.4 Å². The lowest BCUT2D eigenvalue weighted by atomic mass is 9.77. The summed E-state index contributed by atoms with van der Waals surface area (Å²) in [4.78, 5) is 38.5. The highest BCUT2D eigenvalue weighted by Crippen LogP contribution is 2.50. The van der Waals surface area contributed by atoms with Gasteiger partial charge in [0.05, 0.1) is 17.6 Å². The average Bonchev–Trinajstić information content (AvgIpc) is 3.31. The van der Waals surface area contributed by atoms with Gasteiger partial charge in [-0.3, -0.25) is 0 Å². The third kappa shape index (κ3) is 4.53. The summed E-state index contributed by atoms with van der Waals surface area (Å²) in [5, 5.41) is 0. The van der Waals surface area contributed by atoms with Gasteiger partial charge >= 0.3 is 17.9 Å². The van der Waals surface area contributed by atoms with Crippen molar-refractivity contribution in [3.05, 3.63) is 34.9 Å². The van der Waals surface area contributed by atoms with Crippen LogP contribution < -0.4 is 0 Å². The summed E-state index contributed by atoms with van der Waals surface area (Å²) in [7, 11) is 0. The van der Waals surface area contributed by atoms with Crippen LogP contribution in [0.5, 0.6) is 0 Å². The number of ether oxygens (including phenoxy) is 4. The molecule has 0 aromatic heterocycles. The molecule has 0 amide bonds. The quantitative estimate of drug-likeness (QED) is 0.212. The van der Waals surface area contributed by atoms with E-state index in [1.165, 1.54) is 0 Å². The van der Waals surface area contributed by atoms with Crippen molar-refractivity contribution in [1.82, 2.24) is 0 Å². The first-order chi connectivity index (χ1) is 14.9. The maximum absolute atomic E-state index is 13.1. The number of epoxide rings is 1. The van der Waals surface area contributed by atoms with Gasteiger partial charge in [-0.05, 0) is 67.4 Å². The first-order valence-corrected chi connectivity index (χ1v) is 11.2. The van der Waals surface area contributed by atoms with Crippen LogP contribution in [0.2, 0.25) is 0 Å². The Labute approximate surface area is 189 Å². The second-order valence-electron chi connectivity index (χ2n) is 9.45. The maximum Gasteiger partial charge on any atom is 0.351 e. The Morgan fingerprint density at radius 3 is 2.38 bits per heavy atom. The van der Waals surface area contributed by atoms with E-state index in [0.29, 0.717) is 17.6 Å². The lowest BCUT2D eigenvalue weighted by molar-refractivity contribution is -0.174. The van der Waals surface area contributed by atoms with Gasteiger partial charge in [0.2, 0.25) is 5.60 Å². The predicted octanol–water partition coefficient (Wildman–Crippen LogP) is 3.96. The number of fused-ring (bicyclic) bond motifs is 2. The van der Waals surface area contributed by atoms with Crippen molar-refractivity contribution in [2.24, 2.45) is 5.92 Å². The Kier molecular flexibility index (Phi) is 6.70. The fourth-order valence-electron chi connectivity index (χ4n) is 4.52. The van der Waals surface area contributed by atoms with Crippen LogP contribution in [0.3, 0.4) is 0 Å². The minimum atomic E-state index is -1.61. The molecule has 3 rings (SSSR count). The molecule has 7 heteroatoms. The highest BCUT2D eigenvalue weighted by molar-refractivity contribution is 5.92. The third-order valence-corrected chi connectivity index (χ3v) is 7.00. The molecule has 176 valence electrons. The molecule has 0 aromatic rings. The fraction of sp³-hybridized carbons (Fsp3) is 0.640. The zero-order chi connectivity index (χ0) is 23.8. The van der Waals surface area contributed by atoms with E-state index in [1.54, 1.807) is 46.8 Å². The second-order valence-corrected chi connectivity index (χ2v) is 9.45. The largest absolute Gasteiger partial charge is 0.459 e. The molecular formula is C25H34O7. The predicted molar refractivity (Wildman–Crippen MR) is 117 cm³/mol. The van der Waals surface area contributed by atoms with E-state index in [0.717, 1.165) is 18.4 Å². The molecule has 3 aliphatic rings. The molecule has 2 saturated heterocycles. The number of carbonyl (C=O) groups is 3. The number of hydrogen-bond acceptors (Lipinski definition) is 7. The van der Waals surface area contributed by atoms with Crippen molar-refractivity contribution in [3.63, 3.8) is 0 Å². The van der Waals surface area contributed by atoms with Gasteiger partial charge in [-0.2, -0.15) is 0 Å². The van der Waals surface area contributed by atoms with Gasteiger partial charge in [-0.1, -0.05) is 17.7 Å². The molecule has 6 atom stereocenters. The molecule has 0 N–H and O–H groups in total. The SMILES string of the molecule is C/C=C(/C)C(=O)O[C@@H]1/C=C(\C)CC[C@H]2O[C@]2(C)C[C@H]2OC(=O)[C@](C)(OC(=O)/C(C)=C\C)[C@H]12. The second kappa shape index (κ2) is 8.85. The molecule has 0 radical (unpaired) electrons. The number of rotatable bonds is 4. The van der Waals surface area contributed by atoms with Crippen LogP contribution in [0, 0.1) is 5.92 Å². The molecular weight excluding hydrogens is 412 g/mol. The van der Waals surface area contributed by atoms with Gasteiger partial charge in [0.25, 0.3) is 0 Å². The van der Waals surface area contributed by atoms with Crippen LogP contribution in [-0.4, -0.2) is 47.4 Å². The lowest BCUT2D eigenvalue weighted by Crippen LogP contribution is -2.50.